The minimum absolute atomic E-state index is 0.371. The van der Waals surface area contributed by atoms with Crippen LogP contribution in [-0.2, 0) is 0 Å². The summed E-state index contributed by atoms with van der Waals surface area (Å²) >= 11 is 1.27. The first-order chi connectivity index (χ1) is 12.6. The van der Waals surface area contributed by atoms with Crippen molar-refractivity contribution in [3.8, 4) is 22.1 Å². The molecule has 0 saturated carbocycles. The number of rotatable bonds is 5. The van der Waals surface area contributed by atoms with Gasteiger partial charge in [-0.05, 0) is 37.3 Å². The molecule has 0 saturated heterocycles. The third kappa shape index (κ3) is 4.09. The van der Waals surface area contributed by atoms with Crippen LogP contribution in [0.25, 0.3) is 10.6 Å². The molecule has 134 valence electrons. The Kier molecular flexibility index (Phi) is 5.33. The Morgan fingerprint density at radius 1 is 0.962 bits per heavy atom. The fourth-order valence-electron chi connectivity index (χ4n) is 2.26. The van der Waals surface area contributed by atoms with Crippen molar-refractivity contribution >= 4 is 28.2 Å². The summed E-state index contributed by atoms with van der Waals surface area (Å²) in [7, 11) is 3.15. The van der Waals surface area contributed by atoms with Crippen LogP contribution in [0.4, 0.5) is 15.6 Å². The smallest absolute Gasteiger partial charge is 0.325 e. The number of aromatic nitrogens is 2. The molecular weight excluding hydrogens is 352 g/mol. The van der Waals surface area contributed by atoms with Crippen LogP contribution >= 0.6 is 11.3 Å². The minimum atomic E-state index is -0.371. The molecule has 0 aliphatic carbocycles. The molecule has 0 fully saturated rings. The summed E-state index contributed by atoms with van der Waals surface area (Å²) in [6.07, 6.45) is 0. The number of ether oxygens (including phenoxy) is 2. The second-order valence-electron chi connectivity index (χ2n) is 5.43. The van der Waals surface area contributed by atoms with Crippen LogP contribution in [0, 0.1) is 6.92 Å². The van der Waals surface area contributed by atoms with Gasteiger partial charge in [-0.2, -0.15) is 0 Å². The number of methoxy groups -OCH3 is 2. The highest BCUT2D eigenvalue weighted by Gasteiger charge is 2.12. The van der Waals surface area contributed by atoms with Gasteiger partial charge in [0.05, 0.1) is 14.2 Å². The lowest BCUT2D eigenvalue weighted by Crippen LogP contribution is -2.19. The Balaban J connectivity index is 1.69. The van der Waals surface area contributed by atoms with Gasteiger partial charge in [0.25, 0.3) is 0 Å². The van der Waals surface area contributed by atoms with E-state index in [0.29, 0.717) is 27.3 Å². The maximum Gasteiger partial charge on any atom is 0.325 e. The molecule has 26 heavy (non-hydrogen) atoms. The van der Waals surface area contributed by atoms with Gasteiger partial charge < -0.3 is 14.8 Å². The molecule has 7 nitrogen and oxygen atoms in total. The molecule has 0 aliphatic rings. The Morgan fingerprint density at radius 2 is 1.69 bits per heavy atom. The average Bonchev–Trinajstić information content (AvgIpc) is 3.11. The molecule has 0 spiro atoms. The highest BCUT2D eigenvalue weighted by Crippen LogP contribution is 2.34. The van der Waals surface area contributed by atoms with Crippen LogP contribution in [0.2, 0.25) is 0 Å². The highest BCUT2D eigenvalue weighted by atomic mass is 32.1. The van der Waals surface area contributed by atoms with Gasteiger partial charge in [0.2, 0.25) is 5.13 Å². The fourth-order valence-corrected chi connectivity index (χ4v) is 2.99. The van der Waals surface area contributed by atoms with E-state index in [-0.39, 0.29) is 6.03 Å². The third-order valence-electron chi connectivity index (χ3n) is 3.59. The van der Waals surface area contributed by atoms with Crippen molar-refractivity contribution in [3.05, 3.63) is 48.0 Å². The molecule has 1 heterocycles. The summed E-state index contributed by atoms with van der Waals surface area (Å²) in [6.45, 7) is 1.99. The number of hydrogen-bond acceptors (Lipinski definition) is 6. The van der Waals surface area contributed by atoms with Gasteiger partial charge in [-0.3, -0.25) is 5.32 Å². The summed E-state index contributed by atoms with van der Waals surface area (Å²) in [4.78, 5) is 12.1. The number of nitrogens with zero attached hydrogens (tertiary/aromatic N) is 2. The lowest BCUT2D eigenvalue weighted by molar-refractivity contribution is 0.262. The number of aryl methyl sites for hydroxylation is 1. The highest BCUT2D eigenvalue weighted by molar-refractivity contribution is 7.18. The molecule has 2 amide bonds. The van der Waals surface area contributed by atoms with Crippen LogP contribution in [0.3, 0.4) is 0 Å². The second kappa shape index (κ2) is 7.83. The number of urea groups is 1. The van der Waals surface area contributed by atoms with Gasteiger partial charge in [-0.15, -0.1) is 10.2 Å². The van der Waals surface area contributed by atoms with Crippen LogP contribution in [0.1, 0.15) is 5.56 Å². The first kappa shape index (κ1) is 17.7. The van der Waals surface area contributed by atoms with Crippen LogP contribution in [-0.4, -0.2) is 30.4 Å². The molecule has 0 bridgehead atoms. The zero-order valence-electron chi connectivity index (χ0n) is 14.6. The lowest BCUT2D eigenvalue weighted by atomic mass is 10.2. The Labute approximate surface area is 155 Å². The molecule has 1 aromatic heterocycles. The van der Waals surface area contributed by atoms with Crippen molar-refractivity contribution in [1.82, 2.24) is 10.2 Å². The van der Waals surface area contributed by atoms with Crippen LogP contribution in [0.15, 0.2) is 42.5 Å². The van der Waals surface area contributed by atoms with E-state index in [4.69, 9.17) is 9.47 Å². The van der Waals surface area contributed by atoms with Gasteiger partial charge in [-0.25, -0.2) is 4.79 Å². The average molecular weight is 370 g/mol. The van der Waals surface area contributed by atoms with Gasteiger partial charge >= 0.3 is 6.03 Å². The summed E-state index contributed by atoms with van der Waals surface area (Å²) in [5.74, 6) is 1.24. The van der Waals surface area contributed by atoms with Crippen molar-refractivity contribution in [2.24, 2.45) is 0 Å². The number of anilines is 2. The number of carbonyl (C=O) groups is 1. The molecule has 3 aromatic rings. The van der Waals surface area contributed by atoms with Crippen molar-refractivity contribution in [2.45, 2.75) is 6.92 Å². The van der Waals surface area contributed by atoms with E-state index in [2.05, 4.69) is 20.8 Å². The Hall–Kier alpha value is -3.13. The van der Waals surface area contributed by atoms with E-state index in [9.17, 15) is 4.79 Å². The minimum Gasteiger partial charge on any atom is -0.493 e. The molecular formula is C18H18N4O3S. The Morgan fingerprint density at radius 3 is 2.38 bits per heavy atom. The van der Waals surface area contributed by atoms with Crippen molar-refractivity contribution in [1.29, 1.82) is 0 Å². The van der Waals surface area contributed by atoms with Gasteiger partial charge in [-0.1, -0.05) is 29.0 Å². The van der Waals surface area contributed by atoms with E-state index in [1.807, 2.05) is 43.3 Å². The predicted octanol–water partition coefficient (Wildman–Crippen LogP) is 4.17. The molecule has 0 aliphatic heterocycles. The van der Waals surface area contributed by atoms with E-state index < -0.39 is 0 Å². The largest absolute Gasteiger partial charge is 0.493 e. The van der Waals surface area contributed by atoms with Crippen LogP contribution < -0.4 is 20.1 Å². The molecule has 0 atom stereocenters. The van der Waals surface area contributed by atoms with E-state index in [1.165, 1.54) is 11.3 Å². The summed E-state index contributed by atoms with van der Waals surface area (Å²) in [6, 6.07) is 12.6. The van der Waals surface area contributed by atoms with Crippen LogP contribution in [0.5, 0.6) is 11.5 Å². The van der Waals surface area contributed by atoms with Crippen molar-refractivity contribution in [3.63, 3.8) is 0 Å². The summed E-state index contributed by atoms with van der Waals surface area (Å²) < 4.78 is 10.5. The summed E-state index contributed by atoms with van der Waals surface area (Å²) in [5.41, 5.74) is 2.66. The first-order valence-corrected chi connectivity index (χ1v) is 8.61. The number of hydrogen-bond donors (Lipinski definition) is 2. The first-order valence-electron chi connectivity index (χ1n) is 7.79. The zero-order valence-corrected chi connectivity index (χ0v) is 15.4. The SMILES string of the molecule is COc1ccc(-c2nnc(NC(=O)Nc3ccc(C)cc3)s2)cc1OC. The molecule has 8 heteroatoms. The van der Waals surface area contributed by atoms with Gasteiger partial charge in [0.15, 0.2) is 11.5 Å². The van der Waals surface area contributed by atoms with E-state index in [1.54, 1.807) is 20.3 Å². The third-order valence-corrected chi connectivity index (χ3v) is 4.47. The maximum absolute atomic E-state index is 12.1. The monoisotopic (exact) mass is 370 g/mol. The lowest BCUT2D eigenvalue weighted by Gasteiger charge is -2.07. The second-order valence-corrected chi connectivity index (χ2v) is 6.40. The van der Waals surface area contributed by atoms with Crippen molar-refractivity contribution < 1.29 is 14.3 Å². The van der Waals surface area contributed by atoms with Gasteiger partial charge in [0.1, 0.15) is 5.01 Å². The number of carbonyl (C=O) groups excluding carboxylic acids is 1. The fraction of sp³-hybridized carbons (Fsp3) is 0.167. The quantitative estimate of drug-likeness (QED) is 0.704. The predicted molar refractivity (Wildman–Crippen MR) is 102 cm³/mol. The van der Waals surface area contributed by atoms with E-state index >= 15 is 0 Å². The summed E-state index contributed by atoms with van der Waals surface area (Å²) in [5, 5.41) is 14.6. The number of amides is 2. The standard InChI is InChI=1S/C18H18N4O3S/c1-11-4-7-13(8-5-11)19-17(23)20-18-22-21-16(26-18)12-6-9-14(24-2)15(10-12)25-3/h4-10H,1-3H3,(H2,19,20,22,23). The molecule has 2 N–H and O–H groups in total. The Bertz CT molecular complexity index is 909. The topological polar surface area (TPSA) is 85.4 Å². The number of nitrogens with one attached hydrogen (secondary N) is 2. The van der Waals surface area contributed by atoms with E-state index in [0.717, 1.165) is 11.1 Å². The van der Waals surface area contributed by atoms with Gasteiger partial charge in [0, 0.05) is 11.3 Å². The zero-order chi connectivity index (χ0) is 18.5. The molecule has 0 radical (unpaired) electrons. The van der Waals surface area contributed by atoms with Crippen molar-refractivity contribution in [2.75, 3.05) is 24.9 Å². The normalized spacial score (nSPS) is 10.3. The molecule has 3 rings (SSSR count). The maximum atomic E-state index is 12.1. The molecule has 0 unspecified atom stereocenters. The number of benzene rings is 2. The molecule has 2 aromatic carbocycles.